The van der Waals surface area contributed by atoms with E-state index in [2.05, 4.69) is 5.32 Å². The van der Waals surface area contributed by atoms with Gasteiger partial charge in [0.2, 0.25) is 0 Å². The fourth-order valence-electron chi connectivity index (χ4n) is 4.55. The molecule has 3 saturated heterocycles. The molecule has 0 atom stereocenters. The summed E-state index contributed by atoms with van der Waals surface area (Å²) in [7, 11) is 0. The van der Waals surface area contributed by atoms with Crippen molar-refractivity contribution in [2.24, 2.45) is 0 Å². The molecule has 154 valence electrons. The number of hydrogen-bond acceptors (Lipinski definition) is 5. The molecule has 3 heterocycles. The van der Waals surface area contributed by atoms with Gasteiger partial charge < -0.3 is 24.8 Å². The summed E-state index contributed by atoms with van der Waals surface area (Å²) in [6, 6.07) is 0. The highest BCUT2D eigenvalue weighted by molar-refractivity contribution is 5.83. The number of hydrogen-bond donors (Lipinski definition) is 2. The van der Waals surface area contributed by atoms with E-state index in [1.54, 1.807) is 20.8 Å². The fraction of sp³-hybridized carbons (Fsp3) is 0.882. The lowest BCUT2D eigenvalue weighted by molar-refractivity contribution is -0.178. The maximum Gasteiger partial charge on any atom is 0.471 e. The lowest BCUT2D eigenvalue weighted by atomic mass is 9.60. The van der Waals surface area contributed by atoms with Gasteiger partial charge in [0.15, 0.2) is 0 Å². The largest absolute Gasteiger partial charge is 0.471 e. The molecule has 1 saturated carbocycles. The van der Waals surface area contributed by atoms with E-state index >= 15 is 0 Å². The quantitative estimate of drug-likeness (QED) is 0.745. The van der Waals surface area contributed by atoms with Crippen LogP contribution < -0.4 is 5.32 Å². The van der Waals surface area contributed by atoms with Crippen LogP contribution >= 0.6 is 0 Å². The van der Waals surface area contributed by atoms with Crippen molar-refractivity contribution in [3.05, 3.63) is 0 Å². The minimum Gasteiger partial charge on any atom is -0.444 e. The van der Waals surface area contributed by atoms with Gasteiger partial charge in [0.1, 0.15) is 5.60 Å². The van der Waals surface area contributed by atoms with Crippen LogP contribution in [0, 0.1) is 0 Å². The van der Waals surface area contributed by atoms with Crippen molar-refractivity contribution in [2.75, 3.05) is 19.7 Å². The van der Waals surface area contributed by atoms with Gasteiger partial charge in [-0.2, -0.15) is 13.2 Å². The van der Waals surface area contributed by atoms with Crippen LogP contribution in [0.5, 0.6) is 0 Å². The molecule has 4 fully saturated rings. The number of alkyl halides is 3. The van der Waals surface area contributed by atoms with E-state index in [0.29, 0.717) is 0 Å². The standard InChI is InChI=1S/C17H25F3N2O5/c1-13(2,3)26-12(25)22-6-4-16(5-7-22)15(21-11(24)17(18,19)20)8-14(9-15,10-23)27-16/h23H,4-10H2,1-3H3,(H,21,24). The van der Waals surface area contributed by atoms with E-state index in [9.17, 15) is 27.9 Å². The number of aliphatic hydroxyl groups is 1. The highest BCUT2D eigenvalue weighted by Crippen LogP contribution is 2.63. The molecule has 3 aliphatic heterocycles. The number of amides is 2. The zero-order chi connectivity index (χ0) is 20.3. The number of nitrogens with one attached hydrogen (secondary N) is 1. The summed E-state index contributed by atoms with van der Waals surface area (Å²) in [4.78, 5) is 25.3. The van der Waals surface area contributed by atoms with Crippen LogP contribution in [-0.2, 0) is 14.3 Å². The first-order chi connectivity index (χ1) is 12.3. The number of rotatable bonds is 2. The van der Waals surface area contributed by atoms with Crippen LogP contribution in [0.1, 0.15) is 46.5 Å². The second kappa shape index (κ2) is 5.97. The smallest absolute Gasteiger partial charge is 0.444 e. The number of aliphatic hydroxyl groups excluding tert-OH is 1. The molecule has 0 unspecified atom stereocenters. The molecule has 2 N–H and O–H groups in total. The van der Waals surface area contributed by atoms with Crippen LogP contribution in [-0.4, -0.2) is 70.2 Å². The Morgan fingerprint density at radius 1 is 1.19 bits per heavy atom. The van der Waals surface area contributed by atoms with Gasteiger partial charge in [0.25, 0.3) is 0 Å². The van der Waals surface area contributed by atoms with Gasteiger partial charge in [-0.05, 0) is 33.6 Å². The molecule has 10 heteroatoms. The highest BCUT2D eigenvalue weighted by atomic mass is 19.4. The number of likely N-dealkylation sites (tertiary alicyclic amines) is 1. The first-order valence-electron chi connectivity index (χ1n) is 8.94. The van der Waals surface area contributed by atoms with Gasteiger partial charge in [0, 0.05) is 25.9 Å². The second-order valence-corrected chi connectivity index (χ2v) is 8.79. The molecule has 2 amide bonds. The molecule has 4 aliphatic rings. The Kier molecular flexibility index (Phi) is 4.47. The van der Waals surface area contributed by atoms with Crippen LogP contribution in [0.4, 0.5) is 18.0 Å². The summed E-state index contributed by atoms with van der Waals surface area (Å²) in [5.41, 5.74) is -3.79. The van der Waals surface area contributed by atoms with Crippen molar-refractivity contribution in [1.82, 2.24) is 10.2 Å². The van der Waals surface area contributed by atoms with Crippen molar-refractivity contribution < 1.29 is 37.3 Å². The Morgan fingerprint density at radius 2 is 1.74 bits per heavy atom. The molecule has 7 nitrogen and oxygen atoms in total. The summed E-state index contributed by atoms with van der Waals surface area (Å²) >= 11 is 0. The normalized spacial score (nSPS) is 32.2. The molecule has 0 aromatic rings. The predicted molar refractivity (Wildman–Crippen MR) is 86.8 cm³/mol. The third-order valence-corrected chi connectivity index (χ3v) is 5.65. The topological polar surface area (TPSA) is 88.1 Å². The van der Waals surface area contributed by atoms with Crippen molar-refractivity contribution in [3.8, 4) is 0 Å². The van der Waals surface area contributed by atoms with Gasteiger partial charge >= 0.3 is 18.2 Å². The molecule has 27 heavy (non-hydrogen) atoms. The Hall–Kier alpha value is -1.55. The zero-order valence-electron chi connectivity index (χ0n) is 15.6. The summed E-state index contributed by atoms with van der Waals surface area (Å²) < 4.78 is 49.7. The maximum absolute atomic E-state index is 12.8. The number of piperidine rings is 1. The number of carbonyl (C=O) groups excluding carboxylic acids is 2. The number of ether oxygens (including phenoxy) is 2. The van der Waals surface area contributed by atoms with Crippen LogP contribution in [0.15, 0.2) is 0 Å². The first-order valence-corrected chi connectivity index (χ1v) is 8.94. The number of carbonyl (C=O) groups is 2. The average Bonchev–Trinajstić information content (AvgIpc) is 2.89. The zero-order valence-corrected chi connectivity index (χ0v) is 15.6. The Balaban J connectivity index is 1.73. The fourth-order valence-corrected chi connectivity index (χ4v) is 4.55. The molecular weight excluding hydrogens is 369 g/mol. The minimum atomic E-state index is -4.99. The van der Waals surface area contributed by atoms with Crippen LogP contribution in [0.3, 0.4) is 0 Å². The average molecular weight is 394 g/mol. The number of nitrogens with zero attached hydrogens (tertiary/aromatic N) is 1. The predicted octanol–water partition coefficient (Wildman–Crippen LogP) is 1.73. The third kappa shape index (κ3) is 3.37. The van der Waals surface area contributed by atoms with E-state index in [4.69, 9.17) is 9.47 Å². The van der Waals surface area contributed by atoms with Crippen LogP contribution in [0.25, 0.3) is 0 Å². The van der Waals surface area contributed by atoms with Gasteiger partial charge in [0.05, 0.1) is 23.3 Å². The molecule has 0 radical (unpaired) electrons. The Bertz CT molecular complexity index is 629. The summed E-state index contributed by atoms with van der Waals surface area (Å²) in [5, 5.41) is 11.7. The van der Waals surface area contributed by atoms with Crippen molar-refractivity contribution in [1.29, 1.82) is 0 Å². The molecule has 4 rings (SSSR count). The molecule has 2 bridgehead atoms. The second-order valence-electron chi connectivity index (χ2n) is 8.79. The van der Waals surface area contributed by atoms with Crippen molar-refractivity contribution >= 4 is 12.0 Å². The maximum atomic E-state index is 12.8. The first kappa shape index (κ1) is 20.2. The van der Waals surface area contributed by atoms with Gasteiger partial charge in [-0.3, -0.25) is 4.79 Å². The highest BCUT2D eigenvalue weighted by Gasteiger charge is 2.76. The molecule has 0 aromatic heterocycles. The van der Waals surface area contributed by atoms with E-state index < -0.39 is 40.5 Å². The monoisotopic (exact) mass is 394 g/mol. The Labute approximate surface area is 155 Å². The third-order valence-electron chi connectivity index (χ3n) is 5.65. The summed E-state index contributed by atoms with van der Waals surface area (Å²) in [6.45, 7) is 5.39. The lowest BCUT2D eigenvalue weighted by Gasteiger charge is -2.50. The van der Waals surface area contributed by atoms with Gasteiger partial charge in [-0.25, -0.2) is 4.79 Å². The van der Waals surface area contributed by atoms with E-state index in [-0.39, 0.29) is 45.4 Å². The summed E-state index contributed by atoms with van der Waals surface area (Å²) in [6.07, 6.45) is -4.71. The molecule has 0 aromatic carbocycles. The van der Waals surface area contributed by atoms with Crippen molar-refractivity contribution in [2.45, 2.75) is 75.0 Å². The van der Waals surface area contributed by atoms with Gasteiger partial charge in [-0.1, -0.05) is 0 Å². The van der Waals surface area contributed by atoms with E-state index in [1.165, 1.54) is 4.90 Å². The summed E-state index contributed by atoms with van der Waals surface area (Å²) in [5.74, 6) is -2.01. The minimum absolute atomic E-state index is 0.130. The van der Waals surface area contributed by atoms with Crippen molar-refractivity contribution in [3.63, 3.8) is 0 Å². The number of halogens is 3. The van der Waals surface area contributed by atoms with Crippen LogP contribution in [0.2, 0.25) is 0 Å². The molecular formula is C17H25F3N2O5. The van der Waals surface area contributed by atoms with Gasteiger partial charge in [-0.15, -0.1) is 0 Å². The SMILES string of the molecule is CC(C)(C)OC(=O)N1CCC2(CC1)OC1(CO)CC2(NC(=O)C(F)(F)F)C1. The van der Waals surface area contributed by atoms with E-state index in [1.807, 2.05) is 0 Å². The molecule has 1 spiro atoms. The Morgan fingerprint density at radius 3 is 2.19 bits per heavy atom. The van der Waals surface area contributed by atoms with E-state index in [0.717, 1.165) is 0 Å². The molecule has 1 aliphatic carbocycles. The lowest BCUT2D eigenvalue weighted by Crippen LogP contribution is -2.69.